The van der Waals surface area contributed by atoms with E-state index in [1.165, 1.54) is 0 Å². The van der Waals surface area contributed by atoms with Crippen LogP contribution in [-0.4, -0.2) is 42.8 Å². The summed E-state index contributed by atoms with van der Waals surface area (Å²) >= 11 is 3.45. The molecule has 0 bridgehead atoms. The van der Waals surface area contributed by atoms with Crippen LogP contribution in [0.25, 0.3) is 0 Å². The fourth-order valence-electron chi connectivity index (χ4n) is 1.85. The zero-order valence-corrected chi connectivity index (χ0v) is 11.4. The predicted octanol–water partition coefficient (Wildman–Crippen LogP) is 1.13. The second-order valence-corrected chi connectivity index (χ2v) is 5.26. The molecule has 1 saturated heterocycles. The molecule has 3 N–H and O–H groups in total. The van der Waals surface area contributed by atoms with Crippen molar-refractivity contribution < 1.29 is 9.84 Å². The van der Waals surface area contributed by atoms with Gasteiger partial charge in [0.05, 0.1) is 10.6 Å². The number of aliphatic hydroxyl groups is 1. The van der Waals surface area contributed by atoms with Gasteiger partial charge in [-0.2, -0.15) is 0 Å². The van der Waals surface area contributed by atoms with Crippen molar-refractivity contribution in [3.05, 3.63) is 28.2 Å². The zero-order chi connectivity index (χ0) is 12.4. The Morgan fingerprint density at radius 1 is 1.59 bits per heavy atom. The predicted molar refractivity (Wildman–Crippen MR) is 70.1 cm³/mol. The molecule has 1 heterocycles. The average Bonchev–Trinajstić information content (AvgIpc) is 2.28. The number of aliphatic hydroxyl groups excluding tert-OH is 1. The van der Waals surface area contributed by atoms with E-state index >= 15 is 0 Å². The van der Waals surface area contributed by atoms with E-state index in [2.05, 4.69) is 27.9 Å². The third-order valence-electron chi connectivity index (χ3n) is 2.89. The van der Waals surface area contributed by atoms with Crippen molar-refractivity contribution in [2.24, 2.45) is 5.73 Å². The van der Waals surface area contributed by atoms with E-state index in [4.69, 9.17) is 10.5 Å². The van der Waals surface area contributed by atoms with Crippen LogP contribution in [0, 0.1) is 0 Å². The first-order chi connectivity index (χ1) is 8.10. The number of likely N-dealkylation sites (tertiary alicyclic amines) is 1. The quantitative estimate of drug-likeness (QED) is 0.875. The van der Waals surface area contributed by atoms with Gasteiger partial charge in [0, 0.05) is 19.6 Å². The van der Waals surface area contributed by atoms with E-state index in [9.17, 15) is 5.11 Å². The number of hydrogen-bond donors (Lipinski definition) is 2. The van der Waals surface area contributed by atoms with Gasteiger partial charge < -0.3 is 15.6 Å². The van der Waals surface area contributed by atoms with Gasteiger partial charge in [-0.1, -0.05) is 6.07 Å². The SMILES string of the molecule is CN1CC(Oc2ccc(C(O)CN)cc2Br)C1. The van der Waals surface area contributed by atoms with E-state index in [1.807, 2.05) is 18.2 Å². The Morgan fingerprint density at radius 2 is 2.29 bits per heavy atom. The standard InChI is InChI=1S/C12H17BrN2O2/c1-15-6-9(7-15)17-12-3-2-8(4-10(12)13)11(16)5-14/h2-4,9,11,16H,5-7,14H2,1H3. The Morgan fingerprint density at radius 3 is 2.82 bits per heavy atom. The van der Waals surface area contributed by atoms with Gasteiger partial charge in [0.25, 0.3) is 0 Å². The molecule has 17 heavy (non-hydrogen) atoms. The summed E-state index contributed by atoms with van der Waals surface area (Å²) in [5.41, 5.74) is 6.22. The molecule has 2 rings (SSSR count). The molecular weight excluding hydrogens is 284 g/mol. The second kappa shape index (κ2) is 5.35. The van der Waals surface area contributed by atoms with Gasteiger partial charge in [-0.15, -0.1) is 0 Å². The molecule has 4 nitrogen and oxygen atoms in total. The topological polar surface area (TPSA) is 58.7 Å². The van der Waals surface area contributed by atoms with Crippen LogP contribution in [0.5, 0.6) is 5.75 Å². The fourth-order valence-corrected chi connectivity index (χ4v) is 2.34. The molecule has 1 atom stereocenters. The highest BCUT2D eigenvalue weighted by Crippen LogP contribution is 2.30. The van der Waals surface area contributed by atoms with Crippen LogP contribution in [0.3, 0.4) is 0 Å². The van der Waals surface area contributed by atoms with E-state index in [1.54, 1.807) is 0 Å². The van der Waals surface area contributed by atoms with Crippen LogP contribution in [0.2, 0.25) is 0 Å². The van der Waals surface area contributed by atoms with Crippen molar-refractivity contribution in [1.29, 1.82) is 0 Å². The number of halogens is 1. The molecule has 1 aliphatic rings. The number of hydrogen-bond acceptors (Lipinski definition) is 4. The van der Waals surface area contributed by atoms with E-state index in [0.29, 0.717) is 0 Å². The lowest BCUT2D eigenvalue weighted by Crippen LogP contribution is -2.51. The van der Waals surface area contributed by atoms with Crippen LogP contribution in [0.4, 0.5) is 0 Å². The van der Waals surface area contributed by atoms with Crippen LogP contribution in [0.15, 0.2) is 22.7 Å². The number of rotatable bonds is 4. The minimum atomic E-state index is -0.616. The minimum Gasteiger partial charge on any atom is -0.487 e. The van der Waals surface area contributed by atoms with Crippen LogP contribution < -0.4 is 10.5 Å². The molecule has 1 aromatic carbocycles. The lowest BCUT2D eigenvalue weighted by molar-refractivity contribution is 0.0382. The first kappa shape index (κ1) is 12.8. The molecule has 94 valence electrons. The van der Waals surface area contributed by atoms with Gasteiger partial charge in [-0.25, -0.2) is 0 Å². The third kappa shape index (κ3) is 2.98. The third-order valence-corrected chi connectivity index (χ3v) is 3.51. The average molecular weight is 301 g/mol. The summed E-state index contributed by atoms with van der Waals surface area (Å²) in [5, 5.41) is 9.63. The highest BCUT2D eigenvalue weighted by Gasteiger charge is 2.25. The maximum Gasteiger partial charge on any atom is 0.134 e. The Kier molecular flexibility index (Phi) is 4.04. The van der Waals surface area contributed by atoms with Gasteiger partial charge in [0.15, 0.2) is 0 Å². The summed E-state index contributed by atoms with van der Waals surface area (Å²) in [6.45, 7) is 2.14. The highest BCUT2D eigenvalue weighted by atomic mass is 79.9. The van der Waals surface area contributed by atoms with Crippen molar-refractivity contribution in [3.8, 4) is 5.75 Å². The molecule has 1 aliphatic heterocycles. The molecule has 0 spiro atoms. The van der Waals surface area contributed by atoms with E-state index < -0.39 is 6.10 Å². The Hall–Kier alpha value is -0.620. The normalized spacial score (nSPS) is 18.8. The van der Waals surface area contributed by atoms with Crippen molar-refractivity contribution in [2.45, 2.75) is 12.2 Å². The number of nitrogens with zero attached hydrogens (tertiary/aromatic N) is 1. The molecular formula is C12H17BrN2O2. The van der Waals surface area contributed by atoms with Crippen LogP contribution in [-0.2, 0) is 0 Å². The van der Waals surface area contributed by atoms with E-state index in [0.717, 1.165) is 28.9 Å². The van der Waals surface area contributed by atoms with Crippen LogP contribution >= 0.6 is 15.9 Å². The second-order valence-electron chi connectivity index (χ2n) is 4.40. The lowest BCUT2D eigenvalue weighted by atomic mass is 10.1. The maximum absolute atomic E-state index is 9.63. The molecule has 0 saturated carbocycles. The Balaban J connectivity index is 2.04. The van der Waals surface area contributed by atoms with Crippen molar-refractivity contribution in [1.82, 2.24) is 4.90 Å². The molecule has 0 amide bonds. The van der Waals surface area contributed by atoms with E-state index in [-0.39, 0.29) is 12.6 Å². The molecule has 0 radical (unpaired) electrons. The minimum absolute atomic E-state index is 0.222. The summed E-state index contributed by atoms with van der Waals surface area (Å²) in [4.78, 5) is 2.20. The van der Waals surface area contributed by atoms with Crippen molar-refractivity contribution >= 4 is 15.9 Å². The number of likely N-dealkylation sites (N-methyl/N-ethyl adjacent to an activating group) is 1. The molecule has 1 fully saturated rings. The number of benzene rings is 1. The smallest absolute Gasteiger partial charge is 0.134 e. The molecule has 0 aliphatic carbocycles. The summed E-state index contributed by atoms with van der Waals surface area (Å²) in [6, 6.07) is 5.58. The number of ether oxygens (including phenoxy) is 1. The summed E-state index contributed by atoms with van der Waals surface area (Å²) in [5.74, 6) is 0.816. The zero-order valence-electron chi connectivity index (χ0n) is 9.77. The lowest BCUT2D eigenvalue weighted by Gasteiger charge is -2.36. The molecule has 0 aromatic heterocycles. The van der Waals surface area contributed by atoms with Gasteiger partial charge in [-0.05, 0) is 40.7 Å². The fraction of sp³-hybridized carbons (Fsp3) is 0.500. The van der Waals surface area contributed by atoms with Crippen molar-refractivity contribution in [3.63, 3.8) is 0 Å². The largest absolute Gasteiger partial charge is 0.487 e. The monoisotopic (exact) mass is 300 g/mol. The Bertz CT molecular complexity index is 394. The summed E-state index contributed by atoms with van der Waals surface area (Å²) in [7, 11) is 2.07. The van der Waals surface area contributed by atoms with Gasteiger partial charge in [0.1, 0.15) is 11.9 Å². The highest BCUT2D eigenvalue weighted by molar-refractivity contribution is 9.10. The van der Waals surface area contributed by atoms with Crippen molar-refractivity contribution in [2.75, 3.05) is 26.7 Å². The Labute approximate surface area is 109 Å². The first-order valence-electron chi connectivity index (χ1n) is 5.63. The first-order valence-corrected chi connectivity index (χ1v) is 6.42. The maximum atomic E-state index is 9.63. The van der Waals surface area contributed by atoms with Gasteiger partial charge >= 0.3 is 0 Å². The molecule has 1 unspecified atom stereocenters. The summed E-state index contributed by atoms with van der Waals surface area (Å²) < 4.78 is 6.68. The van der Waals surface area contributed by atoms with Gasteiger partial charge in [0.2, 0.25) is 0 Å². The van der Waals surface area contributed by atoms with Crippen LogP contribution in [0.1, 0.15) is 11.7 Å². The van der Waals surface area contributed by atoms with Gasteiger partial charge in [-0.3, -0.25) is 4.90 Å². The summed E-state index contributed by atoms with van der Waals surface area (Å²) in [6.07, 6.45) is -0.350. The molecule has 1 aromatic rings. The number of nitrogens with two attached hydrogens (primary N) is 1. The molecule has 5 heteroatoms.